The van der Waals surface area contributed by atoms with Crippen molar-refractivity contribution in [3.05, 3.63) is 76.9 Å². The average Bonchev–Trinajstić information content (AvgIpc) is 2.88. The number of esters is 1. The lowest BCUT2D eigenvalue weighted by Crippen LogP contribution is -2.46. The van der Waals surface area contributed by atoms with Gasteiger partial charge in [0.25, 0.3) is 0 Å². The second kappa shape index (κ2) is 11.0. The molecule has 182 valence electrons. The van der Waals surface area contributed by atoms with E-state index in [0.29, 0.717) is 12.2 Å². The Bertz CT molecular complexity index is 1020. The third-order valence-corrected chi connectivity index (χ3v) is 7.16. The van der Waals surface area contributed by atoms with Crippen LogP contribution in [0.2, 0.25) is 0 Å². The van der Waals surface area contributed by atoms with E-state index in [2.05, 4.69) is 40.8 Å². The molecule has 0 saturated carbocycles. The monoisotopic (exact) mass is 462 g/mol. The molecule has 2 aliphatic heterocycles. The van der Waals surface area contributed by atoms with Crippen LogP contribution >= 0.6 is 0 Å². The number of hydrogen-bond acceptors (Lipinski definition) is 6. The Hall–Kier alpha value is -2.99. The maximum Gasteiger partial charge on any atom is 0.357 e. The van der Waals surface area contributed by atoms with Crippen molar-refractivity contribution < 1.29 is 9.53 Å². The molecule has 0 spiro atoms. The molecule has 0 radical (unpaired) electrons. The van der Waals surface area contributed by atoms with Gasteiger partial charge in [-0.1, -0.05) is 25.6 Å². The average molecular weight is 463 g/mol. The first-order chi connectivity index (χ1) is 16.6. The lowest BCUT2D eigenvalue weighted by Gasteiger charge is -2.38. The van der Waals surface area contributed by atoms with Crippen LogP contribution in [0.15, 0.2) is 60.2 Å². The van der Waals surface area contributed by atoms with E-state index in [1.807, 2.05) is 31.4 Å². The van der Waals surface area contributed by atoms with Gasteiger partial charge >= 0.3 is 5.97 Å². The van der Waals surface area contributed by atoms with Crippen LogP contribution in [-0.2, 0) is 28.9 Å². The summed E-state index contributed by atoms with van der Waals surface area (Å²) in [6.45, 7) is 14.5. The van der Waals surface area contributed by atoms with Gasteiger partial charge in [0.2, 0.25) is 0 Å². The predicted molar refractivity (Wildman–Crippen MR) is 138 cm³/mol. The second-order valence-corrected chi connectivity index (χ2v) is 9.11. The van der Waals surface area contributed by atoms with E-state index in [1.165, 1.54) is 42.3 Å². The van der Waals surface area contributed by atoms with E-state index in [0.717, 1.165) is 57.0 Å². The largest absolute Gasteiger partial charge is 0.464 e. The minimum Gasteiger partial charge on any atom is -0.464 e. The van der Waals surface area contributed by atoms with Crippen molar-refractivity contribution in [3.8, 4) is 0 Å². The third kappa shape index (κ3) is 4.92. The quantitative estimate of drug-likeness (QED) is 0.616. The molecular formula is C28H38N4O2. The molecule has 6 nitrogen and oxygen atoms in total. The molecule has 6 heteroatoms. The standard InChI is InChI=1S/C28H38N4O2/c1-5-15-32-21(3)11-13-25(27(32)28(33)34-4)29-20-22-12-14-26(24-10-8-7-9-23(22)24)31-18-16-30(6-2)17-19-31/h5,11-15,29H,3,6-10,16-20H2,1-2,4H3/b15-5-. The number of carbonyl (C=O) groups excluding carboxylic acids is 1. The highest BCUT2D eigenvalue weighted by atomic mass is 16.5. The molecule has 1 aliphatic carbocycles. The van der Waals surface area contributed by atoms with Crippen molar-refractivity contribution in [3.63, 3.8) is 0 Å². The van der Waals surface area contributed by atoms with Gasteiger partial charge in [0.05, 0.1) is 12.8 Å². The van der Waals surface area contributed by atoms with Crippen LogP contribution in [0.5, 0.6) is 0 Å². The maximum atomic E-state index is 12.6. The zero-order valence-electron chi connectivity index (χ0n) is 20.9. The molecule has 1 fully saturated rings. The van der Waals surface area contributed by atoms with Crippen LogP contribution in [0.4, 0.5) is 5.69 Å². The Balaban J connectivity index is 1.59. The van der Waals surface area contributed by atoms with Gasteiger partial charge in [-0.25, -0.2) is 4.79 Å². The maximum absolute atomic E-state index is 12.6. The fourth-order valence-electron chi connectivity index (χ4n) is 5.26. The number of ether oxygens (including phenoxy) is 1. The Morgan fingerprint density at radius 2 is 1.85 bits per heavy atom. The van der Waals surface area contributed by atoms with Crippen molar-refractivity contribution in [2.24, 2.45) is 0 Å². The summed E-state index contributed by atoms with van der Waals surface area (Å²) in [5, 5.41) is 3.53. The zero-order valence-corrected chi connectivity index (χ0v) is 20.9. The van der Waals surface area contributed by atoms with E-state index in [9.17, 15) is 4.79 Å². The van der Waals surface area contributed by atoms with Crippen LogP contribution in [-0.4, -0.2) is 55.6 Å². The molecule has 1 aromatic rings. The van der Waals surface area contributed by atoms with Crippen molar-refractivity contribution in [1.29, 1.82) is 0 Å². The number of allylic oxidation sites excluding steroid dienone is 3. The summed E-state index contributed by atoms with van der Waals surface area (Å²) in [6.07, 6.45) is 12.3. The first-order valence-electron chi connectivity index (χ1n) is 12.5. The smallest absolute Gasteiger partial charge is 0.357 e. The lowest BCUT2D eigenvalue weighted by atomic mass is 9.86. The van der Waals surface area contributed by atoms with Gasteiger partial charge in [0, 0.05) is 50.3 Å². The van der Waals surface area contributed by atoms with Crippen molar-refractivity contribution in [2.45, 2.75) is 46.1 Å². The van der Waals surface area contributed by atoms with Gasteiger partial charge in [-0.15, -0.1) is 0 Å². The molecule has 0 atom stereocenters. The summed E-state index contributed by atoms with van der Waals surface area (Å²) in [5.41, 5.74) is 7.71. The Morgan fingerprint density at radius 3 is 2.53 bits per heavy atom. The number of fused-ring (bicyclic) bond motifs is 1. The number of rotatable bonds is 7. The molecule has 1 saturated heterocycles. The Morgan fingerprint density at radius 1 is 1.12 bits per heavy atom. The molecule has 34 heavy (non-hydrogen) atoms. The lowest BCUT2D eigenvalue weighted by molar-refractivity contribution is -0.137. The molecule has 0 amide bonds. The van der Waals surface area contributed by atoms with Crippen LogP contribution in [0.3, 0.4) is 0 Å². The minimum absolute atomic E-state index is 0.380. The topological polar surface area (TPSA) is 48.1 Å². The van der Waals surface area contributed by atoms with Gasteiger partial charge in [-0.2, -0.15) is 0 Å². The van der Waals surface area contributed by atoms with Crippen LogP contribution in [0.25, 0.3) is 0 Å². The number of hydrogen-bond donors (Lipinski definition) is 1. The van der Waals surface area contributed by atoms with Gasteiger partial charge in [0.15, 0.2) is 5.70 Å². The fourth-order valence-corrected chi connectivity index (χ4v) is 5.26. The number of benzene rings is 1. The second-order valence-electron chi connectivity index (χ2n) is 9.11. The molecule has 0 aromatic heterocycles. The molecule has 0 unspecified atom stereocenters. The number of likely N-dealkylation sites (N-methyl/N-ethyl adjacent to an activating group) is 1. The molecule has 0 bridgehead atoms. The van der Waals surface area contributed by atoms with Crippen LogP contribution < -0.4 is 10.2 Å². The van der Waals surface area contributed by atoms with E-state index in [1.54, 1.807) is 4.90 Å². The Kier molecular flexibility index (Phi) is 7.78. The van der Waals surface area contributed by atoms with Gasteiger partial charge < -0.3 is 24.8 Å². The number of carbonyl (C=O) groups is 1. The summed E-state index contributed by atoms with van der Waals surface area (Å²) in [7, 11) is 1.41. The Labute approximate surface area is 204 Å². The third-order valence-electron chi connectivity index (χ3n) is 7.16. The fraction of sp³-hybridized carbons (Fsp3) is 0.464. The van der Waals surface area contributed by atoms with E-state index >= 15 is 0 Å². The van der Waals surface area contributed by atoms with E-state index in [-0.39, 0.29) is 5.97 Å². The summed E-state index contributed by atoms with van der Waals surface area (Å²) in [5.74, 6) is -0.380. The summed E-state index contributed by atoms with van der Waals surface area (Å²) in [4.78, 5) is 19.5. The number of methoxy groups -OCH3 is 1. The minimum atomic E-state index is -0.380. The van der Waals surface area contributed by atoms with E-state index < -0.39 is 0 Å². The highest BCUT2D eigenvalue weighted by molar-refractivity contribution is 5.90. The first kappa shape index (κ1) is 24.1. The van der Waals surface area contributed by atoms with Crippen molar-refractivity contribution in [1.82, 2.24) is 15.1 Å². The number of nitrogens with one attached hydrogen (secondary N) is 1. The molecular weight excluding hydrogens is 424 g/mol. The van der Waals surface area contributed by atoms with Crippen molar-refractivity contribution >= 4 is 11.7 Å². The normalized spacial score (nSPS) is 19.1. The number of anilines is 1. The highest BCUT2D eigenvalue weighted by Gasteiger charge is 2.26. The SMILES string of the molecule is C=C1C=CC(NCc2ccc(N3CCN(CC)CC3)c3c2CCCC3)=C(C(=O)OC)N1/C=C\C. The summed E-state index contributed by atoms with van der Waals surface area (Å²) in [6, 6.07) is 4.61. The van der Waals surface area contributed by atoms with Gasteiger partial charge in [-0.05, 0) is 74.1 Å². The number of nitrogens with zero attached hydrogens (tertiary/aromatic N) is 3. The summed E-state index contributed by atoms with van der Waals surface area (Å²) < 4.78 is 5.09. The highest BCUT2D eigenvalue weighted by Crippen LogP contribution is 2.34. The molecule has 3 aliphatic rings. The van der Waals surface area contributed by atoms with Gasteiger partial charge in [-0.3, -0.25) is 0 Å². The van der Waals surface area contributed by atoms with Crippen molar-refractivity contribution in [2.75, 3.05) is 44.7 Å². The number of piperazine rings is 1. The van der Waals surface area contributed by atoms with Crippen LogP contribution in [0.1, 0.15) is 43.4 Å². The molecule has 4 rings (SSSR count). The molecule has 1 aromatic carbocycles. The first-order valence-corrected chi connectivity index (χ1v) is 12.5. The summed E-state index contributed by atoms with van der Waals surface area (Å²) >= 11 is 0. The van der Waals surface area contributed by atoms with Crippen LogP contribution in [0, 0.1) is 0 Å². The molecule has 1 N–H and O–H groups in total. The van der Waals surface area contributed by atoms with E-state index in [4.69, 9.17) is 4.74 Å². The molecule has 2 heterocycles. The zero-order chi connectivity index (χ0) is 24.1. The van der Waals surface area contributed by atoms with Gasteiger partial charge in [0.1, 0.15) is 0 Å². The predicted octanol–water partition coefficient (Wildman–Crippen LogP) is 4.10.